The van der Waals surface area contributed by atoms with Crippen LogP contribution in [-0.2, 0) is 0 Å². The molecule has 1 saturated heterocycles. The van der Waals surface area contributed by atoms with Crippen LogP contribution in [0.1, 0.15) is 22.8 Å². The van der Waals surface area contributed by atoms with Crippen LogP contribution in [0.3, 0.4) is 0 Å². The number of anilines is 2. The monoisotopic (exact) mass is 413 g/mol. The molecule has 1 N–H and O–H groups in total. The van der Waals surface area contributed by atoms with E-state index in [1.54, 1.807) is 6.20 Å². The lowest BCUT2D eigenvalue weighted by molar-refractivity contribution is 0.0670. The Labute approximate surface area is 183 Å². The van der Waals surface area contributed by atoms with Gasteiger partial charge in [-0.15, -0.1) is 0 Å². The molecule has 6 heteroatoms. The molecule has 3 aromatic rings. The lowest BCUT2D eigenvalue weighted by atomic mass is 10.1. The van der Waals surface area contributed by atoms with Gasteiger partial charge in [-0.3, -0.25) is 4.79 Å². The van der Waals surface area contributed by atoms with Gasteiger partial charge in [0.05, 0.1) is 5.69 Å². The van der Waals surface area contributed by atoms with E-state index < -0.39 is 0 Å². The maximum Gasteiger partial charge on any atom is 0.253 e. The molecule has 2 aromatic carbocycles. The first-order valence-electron chi connectivity index (χ1n) is 10.5. The Balaban J connectivity index is 1.41. The quantitative estimate of drug-likeness (QED) is 0.668. The highest BCUT2D eigenvalue weighted by molar-refractivity contribution is 5.94. The van der Waals surface area contributed by atoms with Gasteiger partial charge < -0.3 is 15.1 Å². The minimum absolute atomic E-state index is 0.0607. The highest BCUT2D eigenvalue weighted by Gasteiger charge is 2.21. The fourth-order valence-corrected chi connectivity index (χ4v) is 3.60. The van der Waals surface area contributed by atoms with Crippen molar-refractivity contribution in [2.75, 3.05) is 31.5 Å². The van der Waals surface area contributed by atoms with Crippen molar-refractivity contribution in [3.63, 3.8) is 0 Å². The van der Waals surface area contributed by atoms with E-state index in [4.69, 9.17) is 0 Å². The van der Waals surface area contributed by atoms with Crippen molar-refractivity contribution in [1.29, 1.82) is 0 Å². The summed E-state index contributed by atoms with van der Waals surface area (Å²) in [5.74, 6) is 0.582. The summed E-state index contributed by atoms with van der Waals surface area (Å²) < 4.78 is 0. The van der Waals surface area contributed by atoms with Crippen molar-refractivity contribution in [3.05, 3.63) is 84.2 Å². The van der Waals surface area contributed by atoms with Gasteiger partial charge in [-0.25, -0.2) is 9.97 Å². The van der Waals surface area contributed by atoms with E-state index in [0.717, 1.165) is 35.7 Å². The number of nitrogens with zero attached hydrogens (tertiary/aromatic N) is 4. The number of carbonyl (C=O) groups excluding carboxylic acids is 1. The Morgan fingerprint density at radius 1 is 0.935 bits per heavy atom. The van der Waals surface area contributed by atoms with E-state index >= 15 is 0 Å². The van der Waals surface area contributed by atoms with Crippen LogP contribution in [0.25, 0.3) is 11.3 Å². The van der Waals surface area contributed by atoms with Gasteiger partial charge in [0, 0.05) is 54.9 Å². The number of hydrogen-bond acceptors (Lipinski definition) is 5. The molecule has 0 saturated carbocycles. The summed E-state index contributed by atoms with van der Waals surface area (Å²) >= 11 is 0. The van der Waals surface area contributed by atoms with Gasteiger partial charge >= 0.3 is 0 Å². The lowest BCUT2D eigenvalue weighted by Gasteiger charge is -2.36. The third-order valence-corrected chi connectivity index (χ3v) is 5.50. The zero-order valence-corrected chi connectivity index (χ0v) is 18.0. The lowest BCUT2D eigenvalue weighted by Crippen LogP contribution is -2.47. The first-order valence-corrected chi connectivity index (χ1v) is 10.5. The topological polar surface area (TPSA) is 61.4 Å². The van der Waals surface area contributed by atoms with Crippen LogP contribution >= 0.6 is 0 Å². The smallest absolute Gasteiger partial charge is 0.253 e. The molecule has 31 heavy (non-hydrogen) atoms. The SMILES string of the molecule is C=C(C)N1CCN(C(=O)c2ccc(Nc3nccc(-c4ccc(C)cc4)n3)cc2)CC1. The molecule has 1 fully saturated rings. The molecule has 4 rings (SSSR count). The van der Waals surface area contributed by atoms with Crippen molar-refractivity contribution >= 4 is 17.5 Å². The van der Waals surface area contributed by atoms with E-state index in [9.17, 15) is 4.79 Å². The standard InChI is InChI=1S/C25H27N5O/c1-18(2)29-14-16-30(17-15-29)24(31)21-8-10-22(11-9-21)27-25-26-13-12-23(28-25)20-6-4-19(3)5-7-20/h4-13H,1,14-17H2,2-3H3,(H,26,27,28). The van der Waals surface area contributed by atoms with Crippen LogP contribution in [0.5, 0.6) is 0 Å². The second kappa shape index (κ2) is 9.00. The highest BCUT2D eigenvalue weighted by Crippen LogP contribution is 2.21. The fraction of sp³-hybridized carbons (Fsp3) is 0.240. The number of rotatable bonds is 5. The molecule has 0 aliphatic carbocycles. The maximum absolute atomic E-state index is 12.8. The molecule has 0 atom stereocenters. The average molecular weight is 414 g/mol. The fourth-order valence-electron chi connectivity index (χ4n) is 3.60. The van der Waals surface area contributed by atoms with E-state index in [2.05, 4.69) is 58.0 Å². The van der Waals surface area contributed by atoms with Crippen LogP contribution in [0.2, 0.25) is 0 Å². The summed E-state index contributed by atoms with van der Waals surface area (Å²) in [5, 5.41) is 3.23. The molecule has 0 unspecified atom stereocenters. The molecule has 0 radical (unpaired) electrons. The van der Waals surface area contributed by atoms with Crippen molar-refractivity contribution in [3.8, 4) is 11.3 Å². The maximum atomic E-state index is 12.8. The Bertz CT molecular complexity index is 1070. The van der Waals surface area contributed by atoms with E-state index in [0.29, 0.717) is 24.6 Å². The molecule has 1 amide bonds. The van der Waals surface area contributed by atoms with Crippen molar-refractivity contribution in [2.24, 2.45) is 0 Å². The zero-order valence-electron chi connectivity index (χ0n) is 18.0. The summed E-state index contributed by atoms with van der Waals surface area (Å²) in [4.78, 5) is 25.9. The van der Waals surface area contributed by atoms with Crippen LogP contribution in [0, 0.1) is 6.92 Å². The van der Waals surface area contributed by atoms with E-state index in [-0.39, 0.29) is 5.91 Å². The number of carbonyl (C=O) groups is 1. The van der Waals surface area contributed by atoms with Crippen molar-refractivity contribution < 1.29 is 4.79 Å². The Morgan fingerprint density at radius 3 is 2.23 bits per heavy atom. The first-order chi connectivity index (χ1) is 15.0. The zero-order chi connectivity index (χ0) is 21.8. The average Bonchev–Trinajstić information content (AvgIpc) is 2.80. The minimum atomic E-state index is 0.0607. The van der Waals surface area contributed by atoms with Gasteiger partial charge in [0.15, 0.2) is 0 Å². The number of piperazine rings is 1. The normalized spacial score (nSPS) is 13.7. The van der Waals surface area contributed by atoms with Gasteiger partial charge in [-0.2, -0.15) is 0 Å². The number of nitrogens with one attached hydrogen (secondary N) is 1. The summed E-state index contributed by atoms with van der Waals surface area (Å²) in [5.41, 5.74) is 5.69. The molecule has 2 heterocycles. The largest absolute Gasteiger partial charge is 0.372 e. The van der Waals surface area contributed by atoms with Gasteiger partial charge in [0.2, 0.25) is 5.95 Å². The van der Waals surface area contributed by atoms with Gasteiger partial charge in [0.25, 0.3) is 5.91 Å². The summed E-state index contributed by atoms with van der Waals surface area (Å²) in [6.45, 7) is 11.1. The summed E-state index contributed by atoms with van der Waals surface area (Å²) in [7, 11) is 0. The summed E-state index contributed by atoms with van der Waals surface area (Å²) in [6.07, 6.45) is 1.74. The number of allylic oxidation sites excluding steroid dienone is 1. The van der Waals surface area contributed by atoms with Gasteiger partial charge in [0.1, 0.15) is 0 Å². The molecule has 158 valence electrons. The Kier molecular flexibility index (Phi) is 5.98. The number of aromatic nitrogens is 2. The second-order valence-corrected chi connectivity index (χ2v) is 7.85. The first kappa shape index (κ1) is 20.6. The van der Waals surface area contributed by atoms with Crippen LogP contribution in [0.15, 0.2) is 73.1 Å². The molecule has 6 nitrogen and oxygen atoms in total. The third kappa shape index (κ3) is 4.91. The van der Waals surface area contributed by atoms with E-state index in [1.165, 1.54) is 5.56 Å². The molecule has 0 bridgehead atoms. The number of amides is 1. The highest BCUT2D eigenvalue weighted by atomic mass is 16.2. The second-order valence-electron chi connectivity index (χ2n) is 7.85. The van der Waals surface area contributed by atoms with Crippen LogP contribution in [0.4, 0.5) is 11.6 Å². The molecule has 1 aliphatic rings. The predicted molar refractivity (Wildman–Crippen MR) is 124 cm³/mol. The number of benzene rings is 2. The van der Waals surface area contributed by atoms with Crippen LogP contribution < -0.4 is 5.32 Å². The molecule has 1 aromatic heterocycles. The molecule has 1 aliphatic heterocycles. The Morgan fingerprint density at radius 2 is 1.58 bits per heavy atom. The molecular weight excluding hydrogens is 386 g/mol. The Hall–Kier alpha value is -3.67. The molecule has 0 spiro atoms. The van der Waals surface area contributed by atoms with E-state index in [1.807, 2.05) is 42.2 Å². The van der Waals surface area contributed by atoms with Gasteiger partial charge in [-0.1, -0.05) is 36.4 Å². The predicted octanol–water partition coefficient (Wildman–Crippen LogP) is 4.49. The number of hydrogen-bond donors (Lipinski definition) is 1. The third-order valence-electron chi connectivity index (χ3n) is 5.50. The minimum Gasteiger partial charge on any atom is -0.372 e. The summed E-state index contributed by atoms with van der Waals surface area (Å²) in [6, 6.07) is 17.6. The van der Waals surface area contributed by atoms with Crippen LogP contribution in [-0.4, -0.2) is 51.9 Å². The van der Waals surface area contributed by atoms with Crippen molar-refractivity contribution in [1.82, 2.24) is 19.8 Å². The van der Waals surface area contributed by atoms with Gasteiger partial charge in [-0.05, 0) is 44.2 Å². The number of aryl methyl sites for hydroxylation is 1. The molecular formula is C25H27N5O. The van der Waals surface area contributed by atoms with Crippen molar-refractivity contribution in [2.45, 2.75) is 13.8 Å².